The maximum absolute atomic E-state index is 12.5. The highest BCUT2D eigenvalue weighted by molar-refractivity contribution is 6.26. The summed E-state index contributed by atoms with van der Waals surface area (Å²) in [5, 5.41) is 0. The second-order valence-corrected chi connectivity index (χ2v) is 5.58. The molecular weight excluding hydrogens is 304 g/mol. The van der Waals surface area contributed by atoms with E-state index in [1.54, 1.807) is 21.3 Å². The molecule has 24 heavy (non-hydrogen) atoms. The summed E-state index contributed by atoms with van der Waals surface area (Å²) in [6.45, 7) is 0. The third-order valence-electron chi connectivity index (χ3n) is 4.26. The Labute approximate surface area is 141 Å². The number of methoxy groups -OCH3 is 3. The molecule has 0 N–H and O–H groups in total. The first-order chi connectivity index (χ1) is 11.7. The van der Waals surface area contributed by atoms with Crippen molar-refractivity contribution in [2.24, 2.45) is 0 Å². The largest absolute Gasteiger partial charge is 0.496 e. The molecule has 0 radical (unpaired) electrons. The molecule has 0 unspecified atom stereocenters. The standard InChI is InChI=1S/C20H20O4/c1-22-18-6-4-5-14-15(18)8-9-17(21)16(14)11-13-7-10-19(23-2)20(12-13)24-3/h4-7,10-12H,8-9H2,1-3H3/b16-11+. The minimum atomic E-state index is 0.144. The highest BCUT2D eigenvalue weighted by Gasteiger charge is 2.24. The van der Waals surface area contributed by atoms with Gasteiger partial charge in [-0.2, -0.15) is 0 Å². The van der Waals surface area contributed by atoms with Crippen molar-refractivity contribution in [2.75, 3.05) is 21.3 Å². The van der Waals surface area contributed by atoms with Gasteiger partial charge in [0.05, 0.1) is 21.3 Å². The lowest BCUT2D eigenvalue weighted by atomic mass is 9.85. The number of ketones is 1. The Morgan fingerprint density at radius 3 is 2.33 bits per heavy atom. The predicted molar refractivity (Wildman–Crippen MR) is 93.7 cm³/mol. The Hall–Kier alpha value is -2.75. The van der Waals surface area contributed by atoms with Crippen LogP contribution < -0.4 is 14.2 Å². The van der Waals surface area contributed by atoms with Crippen molar-refractivity contribution in [2.45, 2.75) is 12.8 Å². The molecule has 3 rings (SSSR count). The normalized spacial score (nSPS) is 15.1. The van der Waals surface area contributed by atoms with Crippen molar-refractivity contribution in [1.29, 1.82) is 0 Å². The van der Waals surface area contributed by atoms with Gasteiger partial charge < -0.3 is 14.2 Å². The van der Waals surface area contributed by atoms with Crippen LogP contribution in [0.1, 0.15) is 23.1 Å². The molecule has 0 heterocycles. The van der Waals surface area contributed by atoms with Gasteiger partial charge in [-0.1, -0.05) is 18.2 Å². The topological polar surface area (TPSA) is 44.8 Å². The van der Waals surface area contributed by atoms with Gasteiger partial charge in [0.15, 0.2) is 17.3 Å². The molecule has 0 spiro atoms. The van der Waals surface area contributed by atoms with E-state index < -0.39 is 0 Å². The van der Waals surface area contributed by atoms with Crippen LogP contribution in [0.3, 0.4) is 0 Å². The van der Waals surface area contributed by atoms with Crippen LogP contribution in [0.15, 0.2) is 36.4 Å². The minimum absolute atomic E-state index is 0.144. The first-order valence-corrected chi connectivity index (χ1v) is 7.81. The molecule has 2 aromatic carbocycles. The van der Waals surface area contributed by atoms with E-state index >= 15 is 0 Å². The number of Topliss-reactive ketones (excluding diaryl/α,β-unsaturated/α-hetero) is 1. The molecule has 0 aromatic heterocycles. The Morgan fingerprint density at radius 1 is 0.875 bits per heavy atom. The average Bonchev–Trinajstić information content (AvgIpc) is 2.63. The van der Waals surface area contributed by atoms with E-state index in [4.69, 9.17) is 14.2 Å². The van der Waals surface area contributed by atoms with E-state index in [-0.39, 0.29) is 5.78 Å². The molecule has 2 aromatic rings. The lowest BCUT2D eigenvalue weighted by molar-refractivity contribution is -0.113. The van der Waals surface area contributed by atoms with E-state index in [0.29, 0.717) is 29.9 Å². The molecule has 4 nitrogen and oxygen atoms in total. The van der Waals surface area contributed by atoms with Gasteiger partial charge in [-0.05, 0) is 41.8 Å². The lowest BCUT2D eigenvalue weighted by Gasteiger charge is -2.20. The molecule has 0 saturated heterocycles. The number of carbonyl (C=O) groups excluding carboxylic acids is 1. The molecule has 0 saturated carbocycles. The molecule has 0 atom stereocenters. The van der Waals surface area contributed by atoms with Crippen LogP contribution in [0.2, 0.25) is 0 Å². The van der Waals surface area contributed by atoms with Crippen LogP contribution >= 0.6 is 0 Å². The number of carbonyl (C=O) groups is 1. The summed E-state index contributed by atoms with van der Waals surface area (Å²) in [4.78, 5) is 12.5. The van der Waals surface area contributed by atoms with Gasteiger partial charge in [0.2, 0.25) is 0 Å². The number of fused-ring (bicyclic) bond motifs is 1. The second kappa shape index (κ2) is 6.79. The summed E-state index contributed by atoms with van der Waals surface area (Å²) in [5.41, 5.74) is 3.64. The van der Waals surface area contributed by atoms with Crippen molar-refractivity contribution in [1.82, 2.24) is 0 Å². The number of allylic oxidation sites excluding steroid dienone is 1. The average molecular weight is 324 g/mol. The fourth-order valence-electron chi connectivity index (χ4n) is 3.06. The maximum atomic E-state index is 12.5. The second-order valence-electron chi connectivity index (χ2n) is 5.58. The minimum Gasteiger partial charge on any atom is -0.496 e. The first-order valence-electron chi connectivity index (χ1n) is 7.81. The van der Waals surface area contributed by atoms with E-state index in [1.165, 1.54) is 0 Å². The summed E-state index contributed by atoms with van der Waals surface area (Å²) in [6.07, 6.45) is 3.11. The van der Waals surface area contributed by atoms with Gasteiger partial charge in [-0.15, -0.1) is 0 Å². The smallest absolute Gasteiger partial charge is 0.163 e. The number of rotatable bonds is 4. The zero-order valence-electron chi connectivity index (χ0n) is 14.1. The van der Waals surface area contributed by atoms with Crippen molar-refractivity contribution in [3.05, 3.63) is 53.1 Å². The monoisotopic (exact) mass is 324 g/mol. The lowest BCUT2D eigenvalue weighted by Crippen LogP contribution is -2.13. The third kappa shape index (κ3) is 2.87. The molecule has 0 bridgehead atoms. The van der Waals surface area contributed by atoms with Gasteiger partial charge in [0.25, 0.3) is 0 Å². The molecular formula is C20H20O4. The quantitative estimate of drug-likeness (QED) is 0.803. The molecule has 1 aliphatic carbocycles. The Bertz CT molecular complexity index is 805. The fraction of sp³-hybridized carbons (Fsp3) is 0.250. The number of benzene rings is 2. The summed E-state index contributed by atoms with van der Waals surface area (Å²) in [5.74, 6) is 2.28. The van der Waals surface area contributed by atoms with E-state index in [1.807, 2.05) is 42.5 Å². The van der Waals surface area contributed by atoms with Crippen molar-refractivity contribution < 1.29 is 19.0 Å². The van der Waals surface area contributed by atoms with Gasteiger partial charge in [0, 0.05) is 17.6 Å². The van der Waals surface area contributed by atoms with Gasteiger partial charge in [-0.3, -0.25) is 4.79 Å². The summed E-state index contributed by atoms with van der Waals surface area (Å²) in [7, 11) is 4.85. The number of hydrogen-bond acceptors (Lipinski definition) is 4. The van der Waals surface area contributed by atoms with Gasteiger partial charge in [-0.25, -0.2) is 0 Å². The van der Waals surface area contributed by atoms with E-state index in [9.17, 15) is 4.79 Å². The van der Waals surface area contributed by atoms with Crippen LogP contribution in [-0.2, 0) is 11.2 Å². The van der Waals surface area contributed by atoms with Crippen LogP contribution in [-0.4, -0.2) is 27.1 Å². The van der Waals surface area contributed by atoms with Crippen molar-refractivity contribution >= 4 is 17.4 Å². The molecule has 124 valence electrons. The molecule has 0 aliphatic heterocycles. The molecule has 1 aliphatic rings. The van der Waals surface area contributed by atoms with E-state index in [2.05, 4.69) is 0 Å². The number of hydrogen-bond donors (Lipinski definition) is 0. The first kappa shape index (κ1) is 16.1. The Kier molecular flexibility index (Phi) is 4.56. The molecule has 0 fully saturated rings. The van der Waals surface area contributed by atoms with Crippen molar-refractivity contribution in [3.63, 3.8) is 0 Å². The summed E-state index contributed by atoms with van der Waals surface area (Å²) in [6, 6.07) is 11.4. The van der Waals surface area contributed by atoms with Crippen LogP contribution in [0.4, 0.5) is 0 Å². The van der Waals surface area contributed by atoms with E-state index in [0.717, 1.165) is 22.4 Å². The molecule has 0 amide bonds. The highest BCUT2D eigenvalue weighted by Crippen LogP contribution is 2.36. The van der Waals surface area contributed by atoms with Crippen LogP contribution in [0, 0.1) is 0 Å². The molecule has 4 heteroatoms. The van der Waals surface area contributed by atoms with Crippen molar-refractivity contribution in [3.8, 4) is 17.2 Å². The van der Waals surface area contributed by atoms with Crippen LogP contribution in [0.5, 0.6) is 17.2 Å². The zero-order chi connectivity index (χ0) is 17.1. The summed E-state index contributed by atoms with van der Waals surface area (Å²) < 4.78 is 16.0. The maximum Gasteiger partial charge on any atom is 0.163 e. The van der Waals surface area contributed by atoms with Crippen LogP contribution in [0.25, 0.3) is 11.6 Å². The number of ether oxygens (including phenoxy) is 3. The summed E-state index contributed by atoms with van der Waals surface area (Å²) >= 11 is 0. The van der Waals surface area contributed by atoms with Gasteiger partial charge >= 0.3 is 0 Å². The van der Waals surface area contributed by atoms with Gasteiger partial charge in [0.1, 0.15) is 5.75 Å². The fourth-order valence-corrected chi connectivity index (χ4v) is 3.06. The Morgan fingerprint density at radius 2 is 1.62 bits per heavy atom. The zero-order valence-corrected chi connectivity index (χ0v) is 14.1. The third-order valence-corrected chi connectivity index (χ3v) is 4.26. The Balaban J connectivity index is 2.09. The predicted octanol–water partition coefficient (Wildman–Crippen LogP) is 3.77. The SMILES string of the molecule is COc1ccc(/C=C2/C(=O)CCc3c(OC)cccc32)cc1OC. The highest BCUT2D eigenvalue weighted by atomic mass is 16.5.